The van der Waals surface area contributed by atoms with E-state index in [2.05, 4.69) is 15.6 Å². The minimum Gasteiger partial charge on any atom is -0.385 e. The molecule has 0 bridgehead atoms. The van der Waals surface area contributed by atoms with Gasteiger partial charge in [-0.15, -0.1) is 0 Å². The molecule has 1 heterocycles. The molecule has 2 aromatic rings. The summed E-state index contributed by atoms with van der Waals surface area (Å²) < 4.78 is 4.94. The molecule has 1 amide bonds. The zero-order chi connectivity index (χ0) is 15.8. The number of halogens is 1. The van der Waals surface area contributed by atoms with Crippen LogP contribution in [0.1, 0.15) is 16.9 Å². The van der Waals surface area contributed by atoms with Crippen molar-refractivity contribution in [2.75, 3.05) is 25.6 Å². The van der Waals surface area contributed by atoms with Gasteiger partial charge >= 0.3 is 0 Å². The van der Waals surface area contributed by atoms with Gasteiger partial charge in [0.15, 0.2) is 0 Å². The van der Waals surface area contributed by atoms with Gasteiger partial charge in [0.25, 0.3) is 5.91 Å². The van der Waals surface area contributed by atoms with E-state index in [1.54, 1.807) is 37.6 Å². The van der Waals surface area contributed by atoms with Crippen molar-refractivity contribution in [2.24, 2.45) is 0 Å². The number of hydrogen-bond acceptors (Lipinski definition) is 4. The Bertz CT molecular complexity index is 617. The number of rotatable bonds is 7. The van der Waals surface area contributed by atoms with Crippen LogP contribution in [0.4, 0.5) is 11.4 Å². The van der Waals surface area contributed by atoms with Gasteiger partial charge in [0, 0.05) is 42.9 Å². The maximum Gasteiger partial charge on any atom is 0.269 e. The Morgan fingerprint density at radius 3 is 2.73 bits per heavy atom. The quantitative estimate of drug-likeness (QED) is 0.769. The van der Waals surface area contributed by atoms with Crippen LogP contribution in [0.2, 0.25) is 5.02 Å². The number of carbonyl (C=O) groups is 1. The van der Waals surface area contributed by atoms with E-state index in [1.807, 2.05) is 12.1 Å². The minimum atomic E-state index is -0.198. The number of amides is 1. The summed E-state index contributed by atoms with van der Waals surface area (Å²) >= 11 is 5.85. The number of aromatic nitrogens is 1. The highest BCUT2D eigenvalue weighted by molar-refractivity contribution is 6.30. The molecule has 0 saturated carbocycles. The van der Waals surface area contributed by atoms with Crippen molar-refractivity contribution < 1.29 is 9.53 Å². The average Bonchev–Trinajstić information content (AvgIpc) is 2.54. The molecule has 0 fully saturated rings. The largest absolute Gasteiger partial charge is 0.385 e. The second-order valence-electron chi connectivity index (χ2n) is 4.66. The second-order valence-corrected chi connectivity index (χ2v) is 5.10. The number of nitrogens with one attached hydrogen (secondary N) is 2. The van der Waals surface area contributed by atoms with Crippen molar-refractivity contribution in [3.8, 4) is 0 Å². The molecule has 116 valence electrons. The van der Waals surface area contributed by atoms with Gasteiger partial charge in [-0.1, -0.05) is 11.6 Å². The van der Waals surface area contributed by atoms with E-state index in [0.29, 0.717) is 23.9 Å². The normalized spacial score (nSPS) is 10.3. The molecular weight excluding hydrogens is 302 g/mol. The van der Waals surface area contributed by atoms with Gasteiger partial charge < -0.3 is 15.4 Å². The lowest BCUT2D eigenvalue weighted by Crippen LogP contribution is -2.26. The maximum atomic E-state index is 12.0. The Morgan fingerprint density at radius 1 is 1.23 bits per heavy atom. The van der Waals surface area contributed by atoms with Crippen LogP contribution in [0.15, 0.2) is 42.6 Å². The minimum absolute atomic E-state index is 0.198. The third kappa shape index (κ3) is 5.02. The molecule has 0 aliphatic heterocycles. The van der Waals surface area contributed by atoms with Gasteiger partial charge in [0.2, 0.25) is 0 Å². The Kier molecular flexibility index (Phi) is 6.18. The smallest absolute Gasteiger partial charge is 0.269 e. The summed E-state index contributed by atoms with van der Waals surface area (Å²) in [6.45, 7) is 1.18. The van der Waals surface area contributed by atoms with E-state index in [1.165, 1.54) is 0 Å². The summed E-state index contributed by atoms with van der Waals surface area (Å²) in [7, 11) is 1.63. The van der Waals surface area contributed by atoms with Crippen LogP contribution in [0.25, 0.3) is 0 Å². The monoisotopic (exact) mass is 319 g/mol. The first-order valence-corrected chi connectivity index (χ1v) is 7.32. The number of anilines is 2. The highest BCUT2D eigenvalue weighted by Crippen LogP contribution is 2.19. The molecule has 0 spiro atoms. The third-order valence-corrected chi connectivity index (χ3v) is 3.19. The summed E-state index contributed by atoms with van der Waals surface area (Å²) in [5, 5.41) is 6.69. The van der Waals surface area contributed by atoms with Crippen molar-refractivity contribution in [2.45, 2.75) is 6.42 Å². The molecule has 0 unspecified atom stereocenters. The number of pyridine rings is 1. The van der Waals surface area contributed by atoms with Gasteiger partial charge in [0.1, 0.15) is 5.69 Å². The van der Waals surface area contributed by atoms with Crippen molar-refractivity contribution >= 4 is 28.9 Å². The van der Waals surface area contributed by atoms with Crippen LogP contribution in [0.3, 0.4) is 0 Å². The Morgan fingerprint density at radius 2 is 2.00 bits per heavy atom. The van der Waals surface area contributed by atoms with E-state index in [4.69, 9.17) is 16.3 Å². The van der Waals surface area contributed by atoms with Crippen molar-refractivity contribution in [3.63, 3.8) is 0 Å². The van der Waals surface area contributed by atoms with Crippen LogP contribution in [0, 0.1) is 0 Å². The fourth-order valence-electron chi connectivity index (χ4n) is 1.84. The van der Waals surface area contributed by atoms with E-state index in [-0.39, 0.29) is 5.91 Å². The zero-order valence-corrected chi connectivity index (χ0v) is 13.1. The molecule has 5 nitrogen and oxygen atoms in total. The average molecular weight is 320 g/mol. The predicted molar refractivity (Wildman–Crippen MR) is 87.8 cm³/mol. The van der Waals surface area contributed by atoms with Crippen molar-refractivity contribution in [1.29, 1.82) is 0 Å². The summed E-state index contributed by atoms with van der Waals surface area (Å²) in [5.74, 6) is -0.198. The van der Waals surface area contributed by atoms with Crippen molar-refractivity contribution in [1.82, 2.24) is 10.3 Å². The number of methoxy groups -OCH3 is 1. The topological polar surface area (TPSA) is 63.2 Å². The molecule has 0 radical (unpaired) electrons. The third-order valence-electron chi connectivity index (χ3n) is 2.94. The molecule has 2 N–H and O–H groups in total. The highest BCUT2D eigenvalue weighted by Gasteiger charge is 2.07. The molecule has 0 atom stereocenters. The van der Waals surface area contributed by atoms with E-state index in [9.17, 15) is 4.79 Å². The van der Waals surface area contributed by atoms with Gasteiger partial charge in [0.05, 0.1) is 0 Å². The summed E-state index contributed by atoms with van der Waals surface area (Å²) in [5.41, 5.74) is 2.05. The van der Waals surface area contributed by atoms with Gasteiger partial charge in [-0.05, 0) is 42.8 Å². The summed E-state index contributed by atoms with van der Waals surface area (Å²) in [6.07, 6.45) is 2.37. The van der Waals surface area contributed by atoms with Crippen LogP contribution < -0.4 is 10.6 Å². The van der Waals surface area contributed by atoms with E-state index >= 15 is 0 Å². The lowest BCUT2D eigenvalue weighted by Gasteiger charge is -2.08. The molecule has 22 heavy (non-hydrogen) atoms. The summed E-state index contributed by atoms with van der Waals surface area (Å²) in [4.78, 5) is 16.1. The number of benzene rings is 1. The fourth-order valence-corrected chi connectivity index (χ4v) is 1.97. The standard InChI is InChI=1S/C16H18ClN3O2/c1-22-10-2-8-19-16(21)15-11-14(7-9-18-15)20-13-5-3-12(17)4-6-13/h3-7,9,11H,2,8,10H2,1H3,(H,18,20)(H,19,21). The SMILES string of the molecule is COCCCNC(=O)c1cc(Nc2ccc(Cl)cc2)ccn1. The van der Waals surface area contributed by atoms with E-state index < -0.39 is 0 Å². The van der Waals surface area contributed by atoms with Gasteiger partial charge in [-0.25, -0.2) is 0 Å². The molecule has 0 saturated heterocycles. The fraction of sp³-hybridized carbons (Fsp3) is 0.250. The number of hydrogen-bond donors (Lipinski definition) is 2. The number of carbonyl (C=O) groups excluding carboxylic acids is 1. The number of ether oxygens (including phenoxy) is 1. The molecule has 1 aromatic heterocycles. The molecule has 2 rings (SSSR count). The molecular formula is C16H18ClN3O2. The first-order chi connectivity index (χ1) is 10.7. The number of nitrogens with zero attached hydrogens (tertiary/aromatic N) is 1. The Labute approximate surface area is 134 Å². The molecule has 0 aliphatic rings. The first-order valence-electron chi connectivity index (χ1n) is 6.95. The first kappa shape index (κ1) is 16.3. The Balaban J connectivity index is 1.97. The van der Waals surface area contributed by atoms with Gasteiger partial charge in [-0.3, -0.25) is 9.78 Å². The summed E-state index contributed by atoms with van der Waals surface area (Å²) in [6, 6.07) is 10.8. The molecule has 1 aromatic carbocycles. The van der Waals surface area contributed by atoms with Crippen LogP contribution >= 0.6 is 11.6 Å². The van der Waals surface area contributed by atoms with Crippen LogP contribution in [-0.4, -0.2) is 31.2 Å². The second kappa shape index (κ2) is 8.36. The molecule has 0 aliphatic carbocycles. The highest BCUT2D eigenvalue weighted by atomic mass is 35.5. The Hall–Kier alpha value is -2.11. The molecule has 6 heteroatoms. The van der Waals surface area contributed by atoms with E-state index in [0.717, 1.165) is 17.8 Å². The van der Waals surface area contributed by atoms with Crippen molar-refractivity contribution in [3.05, 3.63) is 53.3 Å². The predicted octanol–water partition coefficient (Wildman–Crippen LogP) is 3.24. The maximum absolute atomic E-state index is 12.0. The van der Waals surface area contributed by atoms with Crippen LogP contribution in [-0.2, 0) is 4.74 Å². The lowest BCUT2D eigenvalue weighted by atomic mass is 10.2. The zero-order valence-electron chi connectivity index (χ0n) is 12.3. The van der Waals surface area contributed by atoms with Crippen LogP contribution in [0.5, 0.6) is 0 Å². The lowest BCUT2D eigenvalue weighted by molar-refractivity contribution is 0.0943. The van der Waals surface area contributed by atoms with Gasteiger partial charge in [-0.2, -0.15) is 0 Å².